The molecule has 1 N–H and O–H groups in total. The summed E-state index contributed by atoms with van der Waals surface area (Å²) in [6.07, 6.45) is 8.90. The number of carbonyl (C=O) groups is 2. The number of likely N-dealkylation sites (tertiary alicyclic amines) is 2. The zero-order chi connectivity index (χ0) is 31.9. The van der Waals surface area contributed by atoms with Crippen molar-refractivity contribution in [2.45, 2.75) is 78.4 Å². The molecule has 9 nitrogen and oxygen atoms in total. The number of nitrogens with zero attached hydrogens (tertiary/aromatic N) is 5. The number of hydrogen-bond acceptors (Lipinski definition) is 7. The van der Waals surface area contributed by atoms with Gasteiger partial charge in [0.2, 0.25) is 0 Å². The lowest BCUT2D eigenvalue weighted by atomic mass is 9.99. The Bertz CT molecular complexity index is 1440. The molecule has 0 radical (unpaired) electrons. The lowest BCUT2D eigenvalue weighted by molar-refractivity contribution is 0.0785. The van der Waals surface area contributed by atoms with Gasteiger partial charge in [0, 0.05) is 69.4 Å². The molecule has 0 spiro atoms. The van der Waals surface area contributed by atoms with Gasteiger partial charge in [-0.1, -0.05) is 0 Å². The van der Waals surface area contributed by atoms with Gasteiger partial charge in [0.1, 0.15) is 11.4 Å². The van der Waals surface area contributed by atoms with Crippen LogP contribution in [-0.4, -0.2) is 83.5 Å². The second kappa shape index (κ2) is 14.9. The minimum Gasteiger partial charge on any atom is -0.497 e. The fourth-order valence-corrected chi connectivity index (χ4v) is 6.72. The summed E-state index contributed by atoms with van der Waals surface area (Å²) in [5.41, 5.74) is 6.10. The van der Waals surface area contributed by atoms with E-state index in [9.17, 15) is 9.59 Å². The number of carbonyl (C=O) groups excluding carboxylic acids is 2. The van der Waals surface area contributed by atoms with Gasteiger partial charge in [-0.15, -0.1) is 0 Å². The van der Waals surface area contributed by atoms with Crippen LogP contribution in [0.15, 0.2) is 48.8 Å². The topological polar surface area (TPSA) is 90.9 Å². The maximum absolute atomic E-state index is 13.2. The molecule has 4 heterocycles. The second-order valence-electron chi connectivity index (χ2n) is 12.6. The van der Waals surface area contributed by atoms with Gasteiger partial charge in [-0.3, -0.25) is 14.6 Å². The molecule has 0 aliphatic carbocycles. The number of benzene rings is 1. The first-order valence-corrected chi connectivity index (χ1v) is 16.3. The minimum atomic E-state index is -0.121. The predicted octanol–water partition coefficient (Wildman–Crippen LogP) is 5.33. The molecular weight excluding hydrogens is 564 g/mol. The van der Waals surface area contributed by atoms with Crippen LogP contribution in [-0.2, 0) is 6.54 Å². The normalized spacial score (nSPS) is 16.4. The van der Waals surface area contributed by atoms with Crippen molar-refractivity contribution in [2.75, 3.05) is 44.7 Å². The summed E-state index contributed by atoms with van der Waals surface area (Å²) in [5, 5.41) is 3.12. The molecule has 1 aromatic carbocycles. The lowest BCUT2D eigenvalue weighted by Gasteiger charge is -2.42. The Kier molecular flexibility index (Phi) is 10.7. The molecular formula is C36H48N6O3. The van der Waals surface area contributed by atoms with Crippen molar-refractivity contribution in [2.24, 2.45) is 0 Å². The number of hydrogen-bond donors (Lipinski definition) is 1. The molecule has 2 aliphatic heterocycles. The van der Waals surface area contributed by atoms with Crippen molar-refractivity contribution in [1.29, 1.82) is 0 Å². The van der Waals surface area contributed by atoms with E-state index in [2.05, 4.69) is 57.1 Å². The number of pyridine rings is 2. The summed E-state index contributed by atoms with van der Waals surface area (Å²) >= 11 is 0. The van der Waals surface area contributed by atoms with Crippen molar-refractivity contribution < 1.29 is 14.3 Å². The third-order valence-corrected chi connectivity index (χ3v) is 9.54. The van der Waals surface area contributed by atoms with E-state index < -0.39 is 0 Å². The van der Waals surface area contributed by atoms with Crippen LogP contribution in [0.1, 0.15) is 82.3 Å². The zero-order valence-electron chi connectivity index (χ0n) is 27.5. The predicted molar refractivity (Wildman–Crippen MR) is 178 cm³/mol. The van der Waals surface area contributed by atoms with E-state index in [1.54, 1.807) is 13.2 Å². The third-order valence-electron chi connectivity index (χ3n) is 9.54. The molecule has 2 saturated heterocycles. The molecule has 3 aromatic rings. The van der Waals surface area contributed by atoms with Gasteiger partial charge in [0.25, 0.3) is 11.8 Å². The monoisotopic (exact) mass is 612 g/mol. The van der Waals surface area contributed by atoms with Crippen LogP contribution in [0.3, 0.4) is 0 Å². The standard InChI is InChI=1S/C36H48N6O3/c1-25-12-16-37-23-29(25)24-42(30-8-10-32(45-5)11-9-30)31-14-20-40(21-15-31)27(3)13-17-38-35(43)34-26(2)22-33(39-28(34)4)36(44)41-18-6-7-19-41/h8-12,16,22-23,27,31H,6-7,13-15,17-21,24H2,1-5H3,(H,38,43)/t27-/m1/s1. The van der Waals surface area contributed by atoms with E-state index in [0.717, 1.165) is 76.1 Å². The Morgan fingerprint density at radius 3 is 2.38 bits per heavy atom. The first kappa shape index (κ1) is 32.4. The van der Waals surface area contributed by atoms with Crippen LogP contribution in [0, 0.1) is 20.8 Å². The molecule has 1 atom stereocenters. The van der Waals surface area contributed by atoms with E-state index in [-0.39, 0.29) is 11.8 Å². The average molecular weight is 613 g/mol. The maximum Gasteiger partial charge on any atom is 0.272 e. The van der Waals surface area contributed by atoms with E-state index in [4.69, 9.17) is 4.74 Å². The Labute approximate surface area is 268 Å². The highest BCUT2D eigenvalue weighted by molar-refractivity contribution is 5.98. The number of piperidine rings is 1. The summed E-state index contributed by atoms with van der Waals surface area (Å²) in [4.78, 5) is 41.8. The van der Waals surface area contributed by atoms with E-state index in [1.807, 2.05) is 43.3 Å². The molecule has 45 heavy (non-hydrogen) atoms. The fraction of sp³-hybridized carbons (Fsp3) is 0.500. The van der Waals surface area contributed by atoms with Gasteiger partial charge >= 0.3 is 0 Å². The molecule has 2 aliphatic rings. The van der Waals surface area contributed by atoms with Crippen molar-refractivity contribution in [3.05, 3.63) is 82.4 Å². The number of aromatic nitrogens is 2. The number of rotatable bonds is 11. The Balaban J connectivity index is 1.15. The van der Waals surface area contributed by atoms with Gasteiger partial charge < -0.3 is 24.8 Å². The summed E-state index contributed by atoms with van der Waals surface area (Å²) in [7, 11) is 1.70. The minimum absolute atomic E-state index is 0.0393. The summed E-state index contributed by atoms with van der Waals surface area (Å²) in [6.45, 7) is 13.1. The largest absolute Gasteiger partial charge is 0.497 e. The van der Waals surface area contributed by atoms with Gasteiger partial charge in [0.05, 0.1) is 18.4 Å². The lowest BCUT2D eigenvalue weighted by Crippen LogP contribution is -2.48. The highest BCUT2D eigenvalue weighted by Crippen LogP contribution is 2.29. The number of amides is 2. The van der Waals surface area contributed by atoms with Gasteiger partial charge in [0.15, 0.2) is 0 Å². The molecule has 5 rings (SSSR count). The van der Waals surface area contributed by atoms with Crippen LogP contribution < -0.4 is 15.0 Å². The number of methoxy groups -OCH3 is 1. The summed E-state index contributed by atoms with van der Waals surface area (Å²) in [6, 6.07) is 13.0. The van der Waals surface area contributed by atoms with Crippen LogP contribution in [0.4, 0.5) is 5.69 Å². The van der Waals surface area contributed by atoms with Gasteiger partial charge in [-0.2, -0.15) is 0 Å². The number of anilines is 1. The second-order valence-corrected chi connectivity index (χ2v) is 12.6. The Hall–Kier alpha value is -3.98. The molecule has 0 bridgehead atoms. The highest BCUT2D eigenvalue weighted by Gasteiger charge is 2.28. The number of aryl methyl sites for hydroxylation is 3. The van der Waals surface area contributed by atoms with Crippen LogP contribution in [0.5, 0.6) is 5.75 Å². The van der Waals surface area contributed by atoms with Gasteiger partial charge in [-0.25, -0.2) is 4.98 Å². The van der Waals surface area contributed by atoms with Crippen LogP contribution in [0.2, 0.25) is 0 Å². The average Bonchev–Trinajstić information content (AvgIpc) is 3.59. The first-order chi connectivity index (χ1) is 21.7. The molecule has 0 unspecified atom stereocenters. The van der Waals surface area contributed by atoms with E-state index in [0.29, 0.717) is 35.6 Å². The Morgan fingerprint density at radius 2 is 1.73 bits per heavy atom. The quantitative estimate of drug-likeness (QED) is 0.313. The zero-order valence-corrected chi connectivity index (χ0v) is 27.5. The number of ether oxygens (including phenoxy) is 1. The number of nitrogens with one attached hydrogen (secondary N) is 1. The fourth-order valence-electron chi connectivity index (χ4n) is 6.72. The molecule has 240 valence electrons. The van der Waals surface area contributed by atoms with Crippen molar-refractivity contribution in [3.8, 4) is 5.75 Å². The van der Waals surface area contributed by atoms with Crippen LogP contribution >= 0.6 is 0 Å². The van der Waals surface area contributed by atoms with Crippen molar-refractivity contribution in [1.82, 2.24) is 25.1 Å². The van der Waals surface area contributed by atoms with E-state index >= 15 is 0 Å². The summed E-state index contributed by atoms with van der Waals surface area (Å²) in [5.74, 6) is 0.699. The molecule has 0 saturated carbocycles. The van der Waals surface area contributed by atoms with Crippen LogP contribution in [0.25, 0.3) is 0 Å². The highest BCUT2D eigenvalue weighted by atomic mass is 16.5. The molecule has 2 fully saturated rings. The smallest absolute Gasteiger partial charge is 0.272 e. The molecule has 2 amide bonds. The summed E-state index contributed by atoms with van der Waals surface area (Å²) < 4.78 is 5.41. The van der Waals surface area contributed by atoms with Gasteiger partial charge in [-0.05, 0) is 113 Å². The Morgan fingerprint density at radius 1 is 1.02 bits per heavy atom. The SMILES string of the molecule is COc1ccc(N(Cc2cnccc2C)C2CCN([C@H](C)CCNC(=O)c3c(C)cc(C(=O)N4CCCC4)nc3C)CC2)cc1. The van der Waals surface area contributed by atoms with Crippen molar-refractivity contribution >= 4 is 17.5 Å². The van der Waals surface area contributed by atoms with E-state index in [1.165, 1.54) is 16.8 Å². The maximum atomic E-state index is 13.2. The van der Waals surface area contributed by atoms with Crippen molar-refractivity contribution in [3.63, 3.8) is 0 Å². The third kappa shape index (κ3) is 7.82. The first-order valence-electron chi connectivity index (χ1n) is 16.3. The molecule has 9 heteroatoms. The molecule has 2 aromatic heterocycles.